The van der Waals surface area contributed by atoms with Crippen LogP contribution in [0.2, 0.25) is 0 Å². The van der Waals surface area contributed by atoms with Crippen LogP contribution in [0.3, 0.4) is 0 Å². The fraction of sp³-hybridized carbons (Fsp3) is 0.143. The molecule has 0 bridgehead atoms. The van der Waals surface area contributed by atoms with Crippen LogP contribution in [0.1, 0.15) is 0 Å². The summed E-state index contributed by atoms with van der Waals surface area (Å²) < 4.78 is 4.46. The number of hydrogen-bond donors (Lipinski definition) is 1. The largest absolute Gasteiger partial charge is 0.464 e. The highest BCUT2D eigenvalue weighted by Gasteiger charge is 2.05. The Morgan fingerprint density at radius 2 is 2.55 bits per heavy atom. The van der Waals surface area contributed by atoms with E-state index in [0.717, 1.165) is 0 Å². The molecule has 4 heteroatoms. The number of nitrogens with one attached hydrogen (secondary N) is 1. The minimum atomic E-state index is -0.436. The molecule has 1 N–H and O–H groups in total. The second kappa shape index (κ2) is 3.55. The Hall–Kier alpha value is -1.58. The van der Waals surface area contributed by atoms with Crippen molar-refractivity contribution < 1.29 is 9.53 Å². The van der Waals surface area contributed by atoms with Gasteiger partial charge < -0.3 is 10.1 Å². The van der Waals surface area contributed by atoms with Crippen molar-refractivity contribution in [3.05, 3.63) is 24.0 Å². The number of methoxy groups -OCH3 is 1. The van der Waals surface area contributed by atoms with Crippen LogP contribution in [0, 0.1) is 0 Å². The Morgan fingerprint density at radius 1 is 1.73 bits per heavy atom. The van der Waals surface area contributed by atoms with Crippen LogP contribution < -0.4 is 5.32 Å². The van der Waals surface area contributed by atoms with Gasteiger partial charge in [0, 0.05) is 6.20 Å². The van der Waals surface area contributed by atoms with Crippen LogP contribution in [0.25, 0.3) is 0 Å². The first-order chi connectivity index (χ1) is 5.34. The summed E-state index contributed by atoms with van der Waals surface area (Å²) in [6, 6.07) is 0. The van der Waals surface area contributed by atoms with Crippen LogP contribution >= 0.6 is 0 Å². The average Bonchev–Trinajstić information content (AvgIpc) is 2.30. The third kappa shape index (κ3) is 1.93. The van der Waals surface area contributed by atoms with Gasteiger partial charge in [0.05, 0.1) is 13.4 Å². The number of nitrogens with zero attached hydrogens (tertiary/aromatic N) is 1. The smallest absolute Gasteiger partial charge is 0.356 e. The quantitative estimate of drug-likeness (QED) is 0.545. The zero-order chi connectivity index (χ0) is 8.10. The van der Waals surface area contributed by atoms with Crippen molar-refractivity contribution in [2.45, 2.75) is 0 Å². The van der Waals surface area contributed by atoms with Crippen molar-refractivity contribution in [3.8, 4) is 0 Å². The van der Waals surface area contributed by atoms with Crippen LogP contribution in [-0.2, 0) is 9.53 Å². The molecule has 1 rings (SSSR count). The number of carbonyl (C=O) groups excluding carboxylic acids is 1. The van der Waals surface area contributed by atoms with Crippen molar-refractivity contribution in [3.63, 3.8) is 0 Å². The minimum absolute atomic E-state index is 0.286. The third-order valence-electron chi connectivity index (χ3n) is 1.12. The number of allylic oxidation sites excluding steroid dienone is 2. The lowest BCUT2D eigenvalue weighted by molar-refractivity contribution is -0.136. The molecular weight excluding hydrogens is 144 g/mol. The Balaban J connectivity index is 2.77. The fourth-order valence-electron chi connectivity index (χ4n) is 0.613. The molecule has 1 aliphatic heterocycles. The molecule has 0 saturated heterocycles. The molecule has 1 heterocycles. The summed E-state index contributed by atoms with van der Waals surface area (Å²) in [6.07, 6.45) is 6.34. The Morgan fingerprint density at radius 3 is 3.27 bits per heavy atom. The van der Waals surface area contributed by atoms with Crippen molar-refractivity contribution >= 4 is 12.3 Å². The highest BCUT2D eigenvalue weighted by molar-refractivity contribution is 5.90. The predicted octanol–water partition coefficient (Wildman–Crippen LogP) is 0.188. The maximum atomic E-state index is 10.9. The lowest BCUT2D eigenvalue weighted by Crippen LogP contribution is -2.04. The molecule has 0 unspecified atom stereocenters. The third-order valence-corrected chi connectivity index (χ3v) is 1.12. The van der Waals surface area contributed by atoms with Gasteiger partial charge in [0.25, 0.3) is 0 Å². The molecule has 0 amide bonds. The number of ether oxygens (including phenoxy) is 1. The maximum absolute atomic E-state index is 10.9. The predicted molar refractivity (Wildman–Crippen MR) is 40.9 cm³/mol. The first-order valence-corrected chi connectivity index (χ1v) is 3.08. The maximum Gasteiger partial charge on any atom is 0.356 e. The summed E-state index contributed by atoms with van der Waals surface area (Å²) in [4.78, 5) is 14.6. The van der Waals surface area contributed by atoms with E-state index in [4.69, 9.17) is 0 Å². The van der Waals surface area contributed by atoms with Crippen molar-refractivity contribution in [2.75, 3.05) is 7.11 Å². The van der Waals surface area contributed by atoms with Crippen molar-refractivity contribution in [1.82, 2.24) is 5.32 Å². The van der Waals surface area contributed by atoms with E-state index in [1.807, 2.05) is 0 Å². The first-order valence-electron chi connectivity index (χ1n) is 3.08. The lowest BCUT2D eigenvalue weighted by atomic mass is 10.4. The topological polar surface area (TPSA) is 50.7 Å². The molecule has 0 aromatic rings. The molecule has 0 saturated carbocycles. The Kier molecular flexibility index (Phi) is 2.43. The van der Waals surface area contributed by atoms with Gasteiger partial charge in [0.15, 0.2) is 0 Å². The highest BCUT2D eigenvalue weighted by atomic mass is 16.5. The van der Waals surface area contributed by atoms with Crippen LogP contribution in [-0.4, -0.2) is 19.4 Å². The zero-order valence-electron chi connectivity index (χ0n) is 6.07. The van der Waals surface area contributed by atoms with Crippen LogP contribution in [0.15, 0.2) is 29.0 Å². The standard InChI is InChI=1S/C7H8N2O2/c1-11-7(10)6-3-2-4-8-5-9-6/h2-5H,1H3,(H,8,9). The fourth-order valence-corrected chi connectivity index (χ4v) is 0.613. The van der Waals surface area contributed by atoms with Gasteiger partial charge in [-0.15, -0.1) is 0 Å². The van der Waals surface area contributed by atoms with E-state index in [-0.39, 0.29) is 5.70 Å². The van der Waals surface area contributed by atoms with Crippen molar-refractivity contribution in [2.24, 2.45) is 4.99 Å². The molecule has 0 aromatic carbocycles. The summed E-state index contributed by atoms with van der Waals surface area (Å²) in [6.45, 7) is 0. The van der Waals surface area contributed by atoms with Gasteiger partial charge in [-0.2, -0.15) is 0 Å². The number of hydrogen-bond acceptors (Lipinski definition) is 4. The zero-order valence-corrected chi connectivity index (χ0v) is 6.07. The summed E-state index contributed by atoms with van der Waals surface area (Å²) >= 11 is 0. The molecule has 0 fully saturated rings. The summed E-state index contributed by atoms with van der Waals surface area (Å²) in [7, 11) is 1.32. The number of rotatable bonds is 1. The van der Waals surface area contributed by atoms with Crippen LogP contribution in [0.4, 0.5) is 0 Å². The van der Waals surface area contributed by atoms with Gasteiger partial charge in [-0.25, -0.2) is 9.79 Å². The van der Waals surface area contributed by atoms with Gasteiger partial charge in [-0.3, -0.25) is 0 Å². The molecule has 0 radical (unpaired) electrons. The minimum Gasteiger partial charge on any atom is -0.464 e. The molecular formula is C7H8N2O2. The molecule has 0 aliphatic carbocycles. The van der Waals surface area contributed by atoms with Gasteiger partial charge in [-0.1, -0.05) is 0 Å². The molecule has 1 aliphatic rings. The lowest BCUT2D eigenvalue weighted by Gasteiger charge is -1.95. The van der Waals surface area contributed by atoms with Gasteiger partial charge in [-0.05, 0) is 12.2 Å². The number of carbonyl (C=O) groups is 1. The van der Waals surface area contributed by atoms with E-state index in [9.17, 15) is 4.79 Å². The summed E-state index contributed by atoms with van der Waals surface area (Å²) in [5.74, 6) is -0.436. The van der Waals surface area contributed by atoms with E-state index < -0.39 is 5.97 Å². The number of aliphatic imine (C=N–C) groups is 1. The van der Waals surface area contributed by atoms with Gasteiger partial charge in [0.2, 0.25) is 0 Å². The Labute approximate surface area is 64.3 Å². The highest BCUT2D eigenvalue weighted by Crippen LogP contribution is 2.00. The molecule has 0 aromatic heterocycles. The van der Waals surface area contributed by atoms with E-state index in [1.54, 1.807) is 18.4 Å². The first kappa shape index (κ1) is 7.53. The summed E-state index contributed by atoms with van der Waals surface area (Å²) in [5, 5.41) is 2.72. The molecule has 0 spiro atoms. The summed E-state index contributed by atoms with van der Waals surface area (Å²) in [5.41, 5.74) is 0.286. The molecule has 4 nitrogen and oxygen atoms in total. The Bertz CT molecular complexity index is 241. The molecule has 0 atom stereocenters. The van der Waals surface area contributed by atoms with Gasteiger partial charge >= 0.3 is 5.97 Å². The normalized spacial score (nSPS) is 14.8. The average molecular weight is 152 g/mol. The number of esters is 1. The van der Waals surface area contributed by atoms with E-state index in [1.165, 1.54) is 13.4 Å². The van der Waals surface area contributed by atoms with E-state index in [2.05, 4.69) is 15.0 Å². The SMILES string of the molecule is COC(=O)C1=CC=CNC=N1. The second-order valence-electron chi connectivity index (χ2n) is 1.83. The molecule has 58 valence electrons. The molecule has 11 heavy (non-hydrogen) atoms. The van der Waals surface area contributed by atoms with Crippen LogP contribution in [0.5, 0.6) is 0 Å². The van der Waals surface area contributed by atoms with E-state index >= 15 is 0 Å². The second-order valence-corrected chi connectivity index (χ2v) is 1.83. The van der Waals surface area contributed by atoms with Crippen molar-refractivity contribution in [1.29, 1.82) is 0 Å². The van der Waals surface area contributed by atoms with Gasteiger partial charge in [0.1, 0.15) is 5.70 Å². The monoisotopic (exact) mass is 152 g/mol. The van der Waals surface area contributed by atoms with E-state index in [0.29, 0.717) is 0 Å².